The molecule has 4 nitrogen and oxygen atoms in total. The Morgan fingerprint density at radius 1 is 1.00 bits per heavy atom. The summed E-state index contributed by atoms with van der Waals surface area (Å²) in [5.41, 5.74) is 2.32. The standard InChI is InChI=1S/C15H13N3OS/c1-19-14-8-6-13(7-9-14)18-15(20)17-12-4-2-11(10-16)3-5-12/h2-9H,1H3,(H2,17,18,20). The van der Waals surface area contributed by atoms with E-state index in [1.165, 1.54) is 0 Å². The van der Waals surface area contributed by atoms with Gasteiger partial charge in [-0.3, -0.25) is 0 Å². The van der Waals surface area contributed by atoms with E-state index in [4.69, 9.17) is 22.2 Å². The van der Waals surface area contributed by atoms with Gasteiger partial charge >= 0.3 is 0 Å². The highest BCUT2D eigenvalue weighted by Crippen LogP contribution is 2.15. The highest BCUT2D eigenvalue weighted by Gasteiger charge is 2.00. The molecule has 20 heavy (non-hydrogen) atoms. The third-order valence-corrected chi connectivity index (χ3v) is 2.82. The van der Waals surface area contributed by atoms with Crippen LogP contribution >= 0.6 is 12.2 Å². The Morgan fingerprint density at radius 2 is 1.50 bits per heavy atom. The van der Waals surface area contributed by atoms with Gasteiger partial charge in [0, 0.05) is 11.4 Å². The molecule has 2 rings (SSSR count). The molecule has 0 amide bonds. The van der Waals surface area contributed by atoms with Gasteiger partial charge in [0.1, 0.15) is 5.75 Å². The van der Waals surface area contributed by atoms with Gasteiger partial charge in [0.05, 0.1) is 18.7 Å². The number of hydrogen-bond acceptors (Lipinski definition) is 3. The van der Waals surface area contributed by atoms with Gasteiger partial charge in [0.15, 0.2) is 5.11 Å². The van der Waals surface area contributed by atoms with Gasteiger partial charge in [-0.05, 0) is 60.7 Å². The molecule has 0 bridgehead atoms. The van der Waals surface area contributed by atoms with Crippen molar-refractivity contribution in [2.75, 3.05) is 17.7 Å². The summed E-state index contributed by atoms with van der Waals surface area (Å²) in [4.78, 5) is 0. The maximum Gasteiger partial charge on any atom is 0.175 e. The molecule has 0 fully saturated rings. The van der Waals surface area contributed by atoms with E-state index in [1.54, 1.807) is 31.4 Å². The summed E-state index contributed by atoms with van der Waals surface area (Å²) in [6.07, 6.45) is 0. The molecule has 5 heteroatoms. The Hall–Kier alpha value is -2.58. The van der Waals surface area contributed by atoms with Crippen LogP contribution in [0.5, 0.6) is 5.75 Å². The number of methoxy groups -OCH3 is 1. The molecule has 0 radical (unpaired) electrons. The highest BCUT2D eigenvalue weighted by atomic mass is 32.1. The van der Waals surface area contributed by atoms with Gasteiger partial charge in [-0.2, -0.15) is 5.26 Å². The molecule has 0 saturated carbocycles. The second-order valence-electron chi connectivity index (χ2n) is 4.00. The normalized spacial score (nSPS) is 9.40. The molecular weight excluding hydrogens is 270 g/mol. The average Bonchev–Trinajstić information content (AvgIpc) is 2.49. The molecule has 0 unspecified atom stereocenters. The first-order chi connectivity index (χ1) is 9.71. The molecule has 0 saturated heterocycles. The molecule has 0 aliphatic carbocycles. The molecule has 0 aliphatic rings. The van der Waals surface area contributed by atoms with Crippen LogP contribution in [-0.4, -0.2) is 12.2 Å². The van der Waals surface area contributed by atoms with E-state index in [9.17, 15) is 0 Å². The van der Waals surface area contributed by atoms with Crippen LogP contribution in [0.25, 0.3) is 0 Å². The number of benzene rings is 2. The maximum atomic E-state index is 8.73. The predicted octanol–water partition coefficient (Wildman–Crippen LogP) is 3.38. The van der Waals surface area contributed by atoms with Crippen LogP contribution in [0.4, 0.5) is 11.4 Å². The van der Waals surface area contributed by atoms with Crippen molar-refractivity contribution in [2.24, 2.45) is 0 Å². The topological polar surface area (TPSA) is 57.1 Å². The minimum atomic E-state index is 0.486. The summed E-state index contributed by atoms with van der Waals surface area (Å²) in [6, 6.07) is 16.6. The van der Waals surface area contributed by atoms with E-state index in [0.717, 1.165) is 17.1 Å². The summed E-state index contributed by atoms with van der Waals surface area (Å²) in [6.45, 7) is 0. The smallest absolute Gasteiger partial charge is 0.175 e. The fourth-order valence-corrected chi connectivity index (χ4v) is 1.83. The Balaban J connectivity index is 1.95. The van der Waals surface area contributed by atoms with Crippen molar-refractivity contribution >= 4 is 28.7 Å². The largest absolute Gasteiger partial charge is 0.497 e. The molecule has 2 N–H and O–H groups in total. The Labute approximate surface area is 123 Å². The zero-order chi connectivity index (χ0) is 14.4. The number of hydrogen-bond donors (Lipinski definition) is 2. The van der Waals surface area contributed by atoms with Gasteiger partial charge in [0.2, 0.25) is 0 Å². The molecule has 0 spiro atoms. The predicted molar refractivity (Wildman–Crippen MR) is 84.0 cm³/mol. The second kappa shape index (κ2) is 6.55. The van der Waals surface area contributed by atoms with Crippen LogP contribution in [0.3, 0.4) is 0 Å². The van der Waals surface area contributed by atoms with Crippen molar-refractivity contribution in [1.82, 2.24) is 0 Å². The summed E-state index contributed by atoms with van der Waals surface area (Å²) < 4.78 is 5.09. The SMILES string of the molecule is COc1ccc(NC(=S)Nc2ccc(C#N)cc2)cc1. The number of nitrogens with zero attached hydrogens (tertiary/aromatic N) is 1. The number of anilines is 2. The van der Waals surface area contributed by atoms with Gasteiger partial charge in [0.25, 0.3) is 0 Å². The summed E-state index contributed by atoms with van der Waals surface area (Å²) in [5, 5.41) is 15.3. The molecular formula is C15H13N3OS. The van der Waals surface area contributed by atoms with Crippen molar-refractivity contribution < 1.29 is 4.74 Å². The minimum Gasteiger partial charge on any atom is -0.497 e. The lowest BCUT2D eigenvalue weighted by Crippen LogP contribution is -2.18. The zero-order valence-electron chi connectivity index (χ0n) is 10.9. The van der Waals surface area contributed by atoms with Crippen molar-refractivity contribution in [3.8, 4) is 11.8 Å². The molecule has 0 aromatic heterocycles. The number of thiocarbonyl (C=S) groups is 1. The first-order valence-corrected chi connectivity index (χ1v) is 6.34. The molecule has 2 aromatic carbocycles. The Kier molecular flexibility index (Phi) is 4.53. The Bertz CT molecular complexity index is 630. The van der Waals surface area contributed by atoms with E-state index < -0.39 is 0 Å². The molecule has 2 aromatic rings. The van der Waals surface area contributed by atoms with E-state index >= 15 is 0 Å². The van der Waals surface area contributed by atoms with Crippen molar-refractivity contribution in [3.63, 3.8) is 0 Å². The number of rotatable bonds is 3. The van der Waals surface area contributed by atoms with E-state index in [2.05, 4.69) is 16.7 Å². The fraction of sp³-hybridized carbons (Fsp3) is 0.0667. The molecule has 0 aliphatic heterocycles. The number of nitriles is 1. The van der Waals surface area contributed by atoms with Gasteiger partial charge in [-0.15, -0.1) is 0 Å². The average molecular weight is 283 g/mol. The lowest BCUT2D eigenvalue weighted by Gasteiger charge is -2.11. The van der Waals surface area contributed by atoms with Gasteiger partial charge < -0.3 is 15.4 Å². The highest BCUT2D eigenvalue weighted by molar-refractivity contribution is 7.80. The first-order valence-electron chi connectivity index (χ1n) is 5.93. The monoisotopic (exact) mass is 283 g/mol. The minimum absolute atomic E-state index is 0.486. The Morgan fingerprint density at radius 3 is 1.95 bits per heavy atom. The molecule has 100 valence electrons. The van der Waals surface area contributed by atoms with Crippen molar-refractivity contribution in [2.45, 2.75) is 0 Å². The van der Waals surface area contributed by atoms with Crippen LogP contribution in [0, 0.1) is 11.3 Å². The maximum absolute atomic E-state index is 8.73. The van der Waals surface area contributed by atoms with Crippen molar-refractivity contribution in [1.29, 1.82) is 5.26 Å². The van der Waals surface area contributed by atoms with Gasteiger partial charge in [-0.1, -0.05) is 0 Å². The van der Waals surface area contributed by atoms with Crippen LogP contribution in [0.1, 0.15) is 5.56 Å². The lowest BCUT2D eigenvalue weighted by molar-refractivity contribution is 0.415. The van der Waals surface area contributed by atoms with Crippen molar-refractivity contribution in [3.05, 3.63) is 54.1 Å². The van der Waals surface area contributed by atoms with Crippen LogP contribution < -0.4 is 15.4 Å². The fourth-order valence-electron chi connectivity index (χ4n) is 1.60. The van der Waals surface area contributed by atoms with E-state index in [0.29, 0.717) is 10.7 Å². The van der Waals surface area contributed by atoms with E-state index in [-0.39, 0.29) is 0 Å². The quantitative estimate of drug-likeness (QED) is 0.846. The van der Waals surface area contributed by atoms with Crippen LogP contribution in [0.2, 0.25) is 0 Å². The summed E-state index contributed by atoms with van der Waals surface area (Å²) >= 11 is 5.22. The number of nitrogens with one attached hydrogen (secondary N) is 2. The molecule has 0 heterocycles. The first kappa shape index (κ1) is 13.8. The second-order valence-corrected chi connectivity index (χ2v) is 4.41. The third kappa shape index (κ3) is 3.70. The third-order valence-electron chi connectivity index (χ3n) is 2.62. The van der Waals surface area contributed by atoms with E-state index in [1.807, 2.05) is 24.3 Å². The lowest BCUT2D eigenvalue weighted by atomic mass is 10.2. The summed E-state index contributed by atoms with van der Waals surface area (Å²) in [5.74, 6) is 0.793. The zero-order valence-corrected chi connectivity index (χ0v) is 11.7. The van der Waals surface area contributed by atoms with Crippen LogP contribution in [-0.2, 0) is 0 Å². The van der Waals surface area contributed by atoms with Crippen LogP contribution in [0.15, 0.2) is 48.5 Å². The number of ether oxygens (including phenoxy) is 1. The summed E-state index contributed by atoms with van der Waals surface area (Å²) in [7, 11) is 1.62. The molecule has 0 atom stereocenters. The van der Waals surface area contributed by atoms with Gasteiger partial charge in [-0.25, -0.2) is 0 Å².